The molecule has 34 heavy (non-hydrogen) atoms. The fourth-order valence-corrected chi connectivity index (χ4v) is 4.66. The lowest BCUT2D eigenvalue weighted by Gasteiger charge is -2.13. The molecule has 9 heteroatoms. The molecule has 0 radical (unpaired) electrons. The van der Waals surface area contributed by atoms with Gasteiger partial charge in [-0.1, -0.05) is 61.1 Å². The molecule has 1 aliphatic rings. The Morgan fingerprint density at radius 2 is 1.97 bits per heavy atom. The number of nitrogens with zero attached hydrogens (tertiary/aromatic N) is 1. The van der Waals surface area contributed by atoms with E-state index in [1.54, 1.807) is 35.2 Å². The van der Waals surface area contributed by atoms with Crippen molar-refractivity contribution in [3.63, 3.8) is 0 Å². The van der Waals surface area contributed by atoms with E-state index in [4.69, 9.17) is 33.3 Å². The number of hydrogen-bond donors (Lipinski definition) is 1. The van der Waals surface area contributed by atoms with E-state index in [-0.39, 0.29) is 18.4 Å². The van der Waals surface area contributed by atoms with E-state index in [1.807, 2.05) is 26.0 Å². The number of amides is 2. The number of halogens is 1. The number of hydrogen-bond acceptors (Lipinski definition) is 6. The lowest BCUT2D eigenvalue weighted by Crippen LogP contribution is -2.28. The zero-order chi connectivity index (χ0) is 24.7. The third-order valence-electron chi connectivity index (χ3n) is 4.99. The molecule has 0 bridgehead atoms. The molecule has 180 valence electrons. The molecule has 2 amide bonds. The van der Waals surface area contributed by atoms with Crippen LogP contribution in [0, 0.1) is 6.92 Å². The molecule has 1 aliphatic heterocycles. The normalized spacial score (nSPS) is 14.6. The Labute approximate surface area is 214 Å². The minimum Gasteiger partial charge on any atom is -0.490 e. The number of anilines is 1. The first-order chi connectivity index (χ1) is 16.3. The van der Waals surface area contributed by atoms with Crippen LogP contribution in [0.15, 0.2) is 41.3 Å². The number of unbranched alkanes of at least 4 members (excludes halogenated alkanes) is 1. The minimum atomic E-state index is -0.317. The summed E-state index contributed by atoms with van der Waals surface area (Å²) in [5, 5.41) is 3.34. The number of carbonyl (C=O) groups is 2. The molecule has 3 rings (SSSR count). The number of rotatable bonds is 10. The van der Waals surface area contributed by atoms with Crippen LogP contribution in [0.3, 0.4) is 0 Å². The maximum atomic E-state index is 12.7. The van der Waals surface area contributed by atoms with E-state index in [0.717, 1.165) is 24.0 Å². The average molecular weight is 519 g/mol. The van der Waals surface area contributed by atoms with E-state index in [1.165, 1.54) is 11.8 Å². The van der Waals surface area contributed by atoms with Crippen molar-refractivity contribution < 1.29 is 19.1 Å². The van der Waals surface area contributed by atoms with E-state index >= 15 is 0 Å². The zero-order valence-corrected chi connectivity index (χ0v) is 21.7. The molecule has 1 N–H and O–H groups in total. The van der Waals surface area contributed by atoms with Gasteiger partial charge in [0.2, 0.25) is 0 Å². The van der Waals surface area contributed by atoms with E-state index in [9.17, 15) is 9.59 Å². The Morgan fingerprint density at radius 3 is 2.68 bits per heavy atom. The zero-order valence-electron chi connectivity index (χ0n) is 19.4. The van der Waals surface area contributed by atoms with Crippen LogP contribution in [0.5, 0.6) is 11.5 Å². The van der Waals surface area contributed by atoms with E-state index in [2.05, 4.69) is 12.2 Å². The summed E-state index contributed by atoms with van der Waals surface area (Å²) in [6.45, 7) is 6.70. The van der Waals surface area contributed by atoms with Crippen LogP contribution in [0.2, 0.25) is 5.02 Å². The van der Waals surface area contributed by atoms with Crippen LogP contribution in [-0.2, 0) is 9.59 Å². The maximum absolute atomic E-state index is 12.7. The van der Waals surface area contributed by atoms with Gasteiger partial charge in [-0.15, -0.1) is 0 Å². The third-order valence-corrected chi connectivity index (χ3v) is 6.77. The number of ether oxygens (including phenoxy) is 2. The Balaban J connectivity index is 1.68. The molecule has 0 saturated carbocycles. The molecule has 2 aromatic carbocycles. The largest absolute Gasteiger partial charge is 0.490 e. The number of thiocarbonyl (C=S) groups is 1. The van der Waals surface area contributed by atoms with Crippen LogP contribution in [0.1, 0.15) is 37.8 Å². The van der Waals surface area contributed by atoms with Crippen molar-refractivity contribution in [1.82, 2.24) is 4.90 Å². The van der Waals surface area contributed by atoms with E-state index in [0.29, 0.717) is 44.6 Å². The van der Waals surface area contributed by atoms with Gasteiger partial charge < -0.3 is 14.8 Å². The molecule has 0 aliphatic carbocycles. The Bertz CT molecular complexity index is 1120. The standard InChI is InChI=1S/C25H27ClN2O4S2/c1-4-6-11-28-24(30)22(34-25(28)33)13-17-8-10-20(21(12-17)31-5-2)32-15-23(29)27-18-9-7-16(3)19(26)14-18/h7-10,12-14H,4-6,11,15H2,1-3H3,(H,27,29)/b22-13-. The van der Waals surface area contributed by atoms with Gasteiger partial charge in [-0.25, -0.2) is 0 Å². The molecule has 0 unspecified atom stereocenters. The van der Waals surface area contributed by atoms with Crippen LogP contribution in [0.4, 0.5) is 5.69 Å². The highest BCUT2D eigenvalue weighted by Gasteiger charge is 2.31. The molecule has 0 spiro atoms. The van der Waals surface area contributed by atoms with Gasteiger partial charge in [0.05, 0.1) is 11.5 Å². The van der Waals surface area contributed by atoms with Crippen molar-refractivity contribution >= 4 is 63.5 Å². The second-order valence-electron chi connectivity index (χ2n) is 7.63. The first-order valence-corrected chi connectivity index (χ1v) is 12.6. The Kier molecular flexibility index (Phi) is 9.38. The SMILES string of the molecule is CCCCN1C(=O)/C(=C/c2ccc(OCC(=O)Nc3ccc(C)c(Cl)c3)c(OCC)c2)SC1=S. The van der Waals surface area contributed by atoms with Crippen molar-refractivity contribution in [3.8, 4) is 11.5 Å². The predicted molar refractivity (Wildman–Crippen MR) is 143 cm³/mol. The van der Waals surface area contributed by atoms with Crippen LogP contribution >= 0.6 is 35.6 Å². The molecular weight excluding hydrogens is 492 g/mol. The summed E-state index contributed by atoms with van der Waals surface area (Å²) >= 11 is 12.8. The van der Waals surface area contributed by atoms with E-state index < -0.39 is 0 Å². The molecule has 0 aromatic heterocycles. The number of carbonyl (C=O) groups excluding carboxylic acids is 2. The molecule has 1 heterocycles. The molecule has 1 saturated heterocycles. The third kappa shape index (κ3) is 6.74. The summed E-state index contributed by atoms with van der Waals surface area (Å²) in [4.78, 5) is 27.3. The van der Waals surface area contributed by atoms with Gasteiger partial charge in [-0.2, -0.15) is 0 Å². The highest BCUT2D eigenvalue weighted by Crippen LogP contribution is 2.35. The monoisotopic (exact) mass is 518 g/mol. The van der Waals surface area contributed by atoms with Crippen LogP contribution in [0.25, 0.3) is 6.08 Å². The first kappa shape index (κ1) is 26.1. The highest BCUT2D eigenvalue weighted by molar-refractivity contribution is 8.26. The highest BCUT2D eigenvalue weighted by atomic mass is 35.5. The first-order valence-electron chi connectivity index (χ1n) is 11.0. The fraction of sp³-hybridized carbons (Fsp3) is 0.320. The quantitative estimate of drug-likeness (QED) is 0.304. The van der Waals surface area contributed by atoms with Gasteiger partial charge in [0.25, 0.3) is 11.8 Å². The van der Waals surface area contributed by atoms with Crippen LogP contribution in [-0.4, -0.2) is 40.8 Å². The molecular formula is C25H27ClN2O4S2. The maximum Gasteiger partial charge on any atom is 0.266 e. The molecule has 0 atom stereocenters. The summed E-state index contributed by atoms with van der Waals surface area (Å²) in [5.74, 6) is 0.535. The molecule has 2 aromatic rings. The average Bonchev–Trinajstić information content (AvgIpc) is 3.06. The minimum absolute atomic E-state index is 0.0744. The lowest BCUT2D eigenvalue weighted by atomic mass is 10.2. The summed E-state index contributed by atoms with van der Waals surface area (Å²) in [6.07, 6.45) is 3.70. The number of aryl methyl sites for hydroxylation is 1. The smallest absolute Gasteiger partial charge is 0.266 e. The van der Waals surface area contributed by atoms with Crippen molar-refractivity contribution in [2.24, 2.45) is 0 Å². The van der Waals surface area contributed by atoms with Gasteiger partial charge >= 0.3 is 0 Å². The van der Waals surface area contributed by atoms with Gasteiger partial charge in [0, 0.05) is 17.3 Å². The van der Waals surface area contributed by atoms with Gasteiger partial charge in [0.15, 0.2) is 18.1 Å². The summed E-state index contributed by atoms with van der Waals surface area (Å²) < 4.78 is 12.0. The van der Waals surface area contributed by atoms with Crippen molar-refractivity contribution in [1.29, 1.82) is 0 Å². The number of benzene rings is 2. The van der Waals surface area contributed by atoms with Crippen LogP contribution < -0.4 is 14.8 Å². The Morgan fingerprint density at radius 1 is 1.18 bits per heavy atom. The van der Waals surface area contributed by atoms with Crippen molar-refractivity contribution in [2.75, 3.05) is 25.1 Å². The fourth-order valence-electron chi connectivity index (χ4n) is 3.17. The summed E-state index contributed by atoms with van der Waals surface area (Å²) in [7, 11) is 0. The summed E-state index contributed by atoms with van der Waals surface area (Å²) in [5.41, 5.74) is 2.31. The summed E-state index contributed by atoms with van der Waals surface area (Å²) in [6, 6.07) is 10.6. The van der Waals surface area contributed by atoms with Crippen molar-refractivity contribution in [3.05, 3.63) is 57.5 Å². The lowest BCUT2D eigenvalue weighted by molar-refractivity contribution is -0.122. The second kappa shape index (κ2) is 12.2. The van der Waals surface area contributed by atoms with Gasteiger partial charge in [-0.3, -0.25) is 14.5 Å². The second-order valence-corrected chi connectivity index (χ2v) is 9.71. The molecule has 1 fully saturated rings. The van der Waals surface area contributed by atoms with Crippen molar-refractivity contribution in [2.45, 2.75) is 33.6 Å². The number of thioether (sulfide) groups is 1. The molecule has 6 nitrogen and oxygen atoms in total. The topological polar surface area (TPSA) is 67.9 Å². The Hall–Kier alpha value is -2.55. The predicted octanol–water partition coefficient (Wildman–Crippen LogP) is 6.07. The number of nitrogens with one attached hydrogen (secondary N) is 1. The van der Waals surface area contributed by atoms with Gasteiger partial charge in [0.1, 0.15) is 4.32 Å². The van der Waals surface area contributed by atoms with Gasteiger partial charge in [-0.05, 0) is 61.7 Å².